The van der Waals surface area contributed by atoms with Crippen molar-refractivity contribution in [2.45, 2.75) is 0 Å². The molecule has 0 spiro atoms. The first kappa shape index (κ1) is 8.86. The summed E-state index contributed by atoms with van der Waals surface area (Å²) in [6.45, 7) is -0.413. The second kappa shape index (κ2) is 3.96. The van der Waals surface area contributed by atoms with E-state index < -0.39 is 6.54 Å². The first-order valence-electron chi connectivity index (χ1n) is 3.43. The van der Waals surface area contributed by atoms with E-state index in [0.717, 1.165) is 0 Å². The van der Waals surface area contributed by atoms with E-state index in [1.54, 1.807) is 30.3 Å². The Hall–Kier alpha value is -1.23. The molecule has 0 atom stereocenters. The number of hydrogen-bond donors (Lipinski definition) is 2. The number of carbonyl (C=O) groups is 1. The molecule has 0 unspecified atom stereocenters. The third kappa shape index (κ3) is 2.43. The van der Waals surface area contributed by atoms with Crippen LogP contribution in [0.4, 0.5) is 0 Å². The van der Waals surface area contributed by atoms with E-state index in [0.29, 0.717) is 5.56 Å². The van der Waals surface area contributed by atoms with Gasteiger partial charge in [0, 0.05) is 5.56 Å². The second-order valence-corrected chi connectivity index (χ2v) is 2.32. The number of ketones is 1. The fourth-order valence-electron chi connectivity index (χ4n) is 0.844. The van der Waals surface area contributed by atoms with Crippen molar-refractivity contribution in [3.05, 3.63) is 35.9 Å². The lowest BCUT2D eigenvalue weighted by Crippen LogP contribution is -2.22. The maximum absolute atomic E-state index is 11.1. The van der Waals surface area contributed by atoms with Crippen LogP contribution in [-0.4, -0.2) is 28.0 Å². The molecule has 1 aromatic rings. The van der Waals surface area contributed by atoms with Gasteiger partial charge >= 0.3 is 0 Å². The molecule has 0 radical (unpaired) electrons. The topological polar surface area (TPSA) is 60.8 Å². The van der Waals surface area contributed by atoms with Crippen LogP contribution in [0.25, 0.3) is 0 Å². The van der Waals surface area contributed by atoms with Crippen molar-refractivity contribution in [3.63, 3.8) is 0 Å². The van der Waals surface area contributed by atoms with Gasteiger partial charge < -0.3 is 0 Å². The lowest BCUT2D eigenvalue weighted by Gasteiger charge is -2.04. The summed E-state index contributed by atoms with van der Waals surface area (Å²) in [4.78, 5) is 11.1. The number of hydrogen-bond acceptors (Lipinski definition) is 4. The molecular weight excluding hydrogens is 158 g/mol. The highest BCUT2D eigenvalue weighted by atomic mass is 16.8. The SMILES string of the molecule is O=C(CN(O)O)c1ccccc1. The molecule has 0 aliphatic rings. The summed E-state index contributed by atoms with van der Waals surface area (Å²) >= 11 is 0. The predicted octanol–water partition coefficient (Wildman–Crippen LogP) is 0.950. The van der Waals surface area contributed by atoms with Gasteiger partial charge in [-0.3, -0.25) is 15.2 Å². The fourth-order valence-corrected chi connectivity index (χ4v) is 0.844. The number of rotatable bonds is 3. The van der Waals surface area contributed by atoms with E-state index in [-0.39, 0.29) is 11.0 Å². The lowest BCUT2D eigenvalue weighted by molar-refractivity contribution is -0.298. The van der Waals surface area contributed by atoms with Gasteiger partial charge in [0.2, 0.25) is 0 Å². The van der Waals surface area contributed by atoms with Crippen molar-refractivity contribution in [1.29, 1.82) is 0 Å². The molecule has 0 saturated heterocycles. The minimum absolute atomic E-state index is 0.130. The summed E-state index contributed by atoms with van der Waals surface area (Å²) in [6, 6.07) is 8.45. The zero-order chi connectivity index (χ0) is 8.97. The molecule has 4 heteroatoms. The van der Waals surface area contributed by atoms with Gasteiger partial charge in [-0.05, 0) is 0 Å². The van der Waals surface area contributed by atoms with Crippen LogP contribution in [0.2, 0.25) is 0 Å². The van der Waals surface area contributed by atoms with Gasteiger partial charge in [-0.1, -0.05) is 35.6 Å². The van der Waals surface area contributed by atoms with Crippen LogP contribution in [0.5, 0.6) is 0 Å². The third-order valence-corrected chi connectivity index (χ3v) is 1.38. The summed E-state index contributed by atoms with van der Waals surface area (Å²) < 4.78 is 0. The molecule has 2 N–H and O–H groups in total. The number of benzene rings is 1. The standard InChI is InChI=1S/C8H9NO3/c10-8(6-9(11)12)7-4-2-1-3-5-7/h1-5,11-12H,6H2. The molecule has 0 aliphatic heterocycles. The smallest absolute Gasteiger partial charge is 0.181 e. The van der Waals surface area contributed by atoms with E-state index in [9.17, 15) is 4.79 Å². The largest absolute Gasteiger partial charge is 0.293 e. The van der Waals surface area contributed by atoms with Crippen molar-refractivity contribution in [2.24, 2.45) is 0 Å². The molecule has 0 amide bonds. The van der Waals surface area contributed by atoms with E-state index >= 15 is 0 Å². The molecular formula is C8H9NO3. The summed E-state index contributed by atoms with van der Waals surface area (Å²) in [7, 11) is 0. The molecule has 1 rings (SSSR count). The highest BCUT2D eigenvalue weighted by molar-refractivity contribution is 5.97. The number of hydroxylamine groups is 2. The summed E-state index contributed by atoms with van der Waals surface area (Å²) in [5, 5.41) is 16.6. The molecule has 12 heavy (non-hydrogen) atoms. The third-order valence-electron chi connectivity index (χ3n) is 1.38. The first-order chi connectivity index (χ1) is 5.70. The minimum atomic E-state index is -0.413. The van der Waals surface area contributed by atoms with Crippen molar-refractivity contribution in [1.82, 2.24) is 5.23 Å². The van der Waals surface area contributed by atoms with Gasteiger partial charge in [-0.25, -0.2) is 0 Å². The maximum Gasteiger partial charge on any atom is 0.181 e. The maximum atomic E-state index is 11.1. The van der Waals surface area contributed by atoms with Gasteiger partial charge in [0.15, 0.2) is 5.78 Å². The van der Waals surface area contributed by atoms with Gasteiger partial charge in [0.1, 0.15) is 6.54 Å². The average Bonchev–Trinajstić information content (AvgIpc) is 2.05. The van der Waals surface area contributed by atoms with Crippen LogP contribution in [0, 0.1) is 0 Å². The second-order valence-electron chi connectivity index (χ2n) is 2.32. The van der Waals surface area contributed by atoms with E-state index in [4.69, 9.17) is 10.4 Å². The van der Waals surface area contributed by atoms with Crippen LogP contribution in [0.15, 0.2) is 30.3 Å². The first-order valence-corrected chi connectivity index (χ1v) is 3.43. The van der Waals surface area contributed by atoms with Crippen molar-refractivity contribution >= 4 is 5.78 Å². The quantitative estimate of drug-likeness (QED) is 0.519. The Morgan fingerprint density at radius 1 is 1.25 bits per heavy atom. The zero-order valence-corrected chi connectivity index (χ0v) is 6.34. The Kier molecular flexibility index (Phi) is 2.93. The van der Waals surface area contributed by atoms with E-state index in [1.165, 1.54) is 0 Å². The highest BCUT2D eigenvalue weighted by Crippen LogP contribution is 1.99. The van der Waals surface area contributed by atoms with Gasteiger partial charge in [-0.2, -0.15) is 0 Å². The summed E-state index contributed by atoms with van der Waals surface area (Å²) in [6.07, 6.45) is 0. The highest BCUT2D eigenvalue weighted by Gasteiger charge is 2.07. The Morgan fingerprint density at radius 3 is 2.33 bits per heavy atom. The molecule has 1 aromatic carbocycles. The Morgan fingerprint density at radius 2 is 1.83 bits per heavy atom. The van der Waals surface area contributed by atoms with Crippen LogP contribution in [0.3, 0.4) is 0 Å². The monoisotopic (exact) mass is 167 g/mol. The lowest BCUT2D eigenvalue weighted by atomic mass is 10.1. The molecule has 0 aliphatic carbocycles. The van der Waals surface area contributed by atoms with Crippen molar-refractivity contribution in [3.8, 4) is 0 Å². The van der Waals surface area contributed by atoms with Crippen LogP contribution >= 0.6 is 0 Å². The van der Waals surface area contributed by atoms with Crippen LogP contribution in [-0.2, 0) is 0 Å². The summed E-state index contributed by atoms with van der Waals surface area (Å²) in [5.41, 5.74) is 0.464. The number of Topliss-reactive ketones (excluding diaryl/α,β-unsaturated/α-hetero) is 1. The molecule has 4 nitrogen and oxygen atoms in total. The fraction of sp³-hybridized carbons (Fsp3) is 0.125. The van der Waals surface area contributed by atoms with Gasteiger partial charge in [0.25, 0.3) is 0 Å². The molecule has 64 valence electrons. The zero-order valence-electron chi connectivity index (χ0n) is 6.34. The minimum Gasteiger partial charge on any atom is -0.293 e. The summed E-state index contributed by atoms with van der Waals surface area (Å²) in [5.74, 6) is -0.333. The number of carbonyl (C=O) groups excluding carboxylic acids is 1. The Bertz CT molecular complexity index is 258. The number of nitrogens with zero attached hydrogens (tertiary/aromatic N) is 1. The molecule has 0 aromatic heterocycles. The molecule has 0 bridgehead atoms. The predicted molar refractivity (Wildman–Crippen MR) is 41.1 cm³/mol. The van der Waals surface area contributed by atoms with E-state index in [2.05, 4.69) is 0 Å². The van der Waals surface area contributed by atoms with Crippen molar-refractivity contribution < 1.29 is 15.2 Å². The molecule has 0 saturated carbocycles. The van der Waals surface area contributed by atoms with Crippen LogP contribution in [0.1, 0.15) is 10.4 Å². The van der Waals surface area contributed by atoms with Gasteiger partial charge in [-0.15, -0.1) is 0 Å². The average molecular weight is 167 g/mol. The van der Waals surface area contributed by atoms with Gasteiger partial charge in [0.05, 0.1) is 0 Å². The van der Waals surface area contributed by atoms with Crippen LogP contribution < -0.4 is 0 Å². The molecule has 0 heterocycles. The Balaban J connectivity index is 2.66. The van der Waals surface area contributed by atoms with E-state index in [1.807, 2.05) is 0 Å². The molecule has 0 fully saturated rings. The van der Waals surface area contributed by atoms with Crippen molar-refractivity contribution in [2.75, 3.05) is 6.54 Å². The Labute approximate surface area is 69.6 Å². The normalized spacial score (nSPS) is 10.2.